The third-order valence-electron chi connectivity index (χ3n) is 6.34. The van der Waals surface area contributed by atoms with Crippen LogP contribution >= 0.6 is 11.6 Å². The molecule has 0 aliphatic carbocycles. The standard InChI is InChI=1S/C22H25ClFN3O3S/c1-14(10-24)31(29,30)26-7-6-15(13-26)16-8-18(12-25-11-16)27-21(28)19-5-4-17(23)9-20(19)22(27,2)3/h4-5,8-9,11-12,14-15H,6-7,10,13H2,1-3H3. The van der Waals surface area contributed by atoms with E-state index in [9.17, 15) is 17.6 Å². The number of aromatic nitrogens is 1. The van der Waals surface area contributed by atoms with Crippen molar-refractivity contribution in [2.75, 3.05) is 24.7 Å². The number of anilines is 1. The van der Waals surface area contributed by atoms with Gasteiger partial charge in [0.1, 0.15) is 11.9 Å². The van der Waals surface area contributed by atoms with Crippen LogP contribution in [0.5, 0.6) is 0 Å². The highest BCUT2D eigenvalue weighted by atomic mass is 35.5. The van der Waals surface area contributed by atoms with E-state index in [-0.39, 0.29) is 18.4 Å². The van der Waals surface area contributed by atoms with Crippen molar-refractivity contribution in [3.63, 3.8) is 0 Å². The maximum Gasteiger partial charge on any atom is 0.259 e. The van der Waals surface area contributed by atoms with E-state index in [1.807, 2.05) is 26.0 Å². The summed E-state index contributed by atoms with van der Waals surface area (Å²) in [5, 5.41) is -0.479. The first-order chi connectivity index (χ1) is 14.6. The van der Waals surface area contributed by atoms with Gasteiger partial charge in [0.2, 0.25) is 10.0 Å². The van der Waals surface area contributed by atoms with Gasteiger partial charge in [-0.3, -0.25) is 14.7 Å². The van der Waals surface area contributed by atoms with Crippen LogP contribution in [-0.4, -0.2) is 48.6 Å². The molecule has 2 aromatic rings. The molecule has 1 saturated heterocycles. The van der Waals surface area contributed by atoms with Gasteiger partial charge in [0.15, 0.2) is 0 Å². The van der Waals surface area contributed by atoms with Crippen LogP contribution in [0.25, 0.3) is 0 Å². The summed E-state index contributed by atoms with van der Waals surface area (Å²) < 4.78 is 39.3. The summed E-state index contributed by atoms with van der Waals surface area (Å²) in [5.74, 6) is -0.185. The molecule has 1 aromatic heterocycles. The smallest absolute Gasteiger partial charge is 0.259 e. The zero-order valence-corrected chi connectivity index (χ0v) is 19.3. The number of pyridine rings is 1. The summed E-state index contributed by atoms with van der Waals surface area (Å²) in [5.41, 5.74) is 2.37. The van der Waals surface area contributed by atoms with E-state index in [2.05, 4.69) is 4.98 Å². The molecule has 0 N–H and O–H groups in total. The molecule has 1 aromatic carbocycles. The Kier molecular flexibility index (Phi) is 5.60. The van der Waals surface area contributed by atoms with Crippen LogP contribution < -0.4 is 4.90 Å². The van der Waals surface area contributed by atoms with Gasteiger partial charge in [-0.1, -0.05) is 11.6 Å². The average Bonchev–Trinajstić information content (AvgIpc) is 3.30. The average molecular weight is 466 g/mol. The number of alkyl halides is 1. The van der Waals surface area contributed by atoms with Crippen LogP contribution in [0.4, 0.5) is 10.1 Å². The first-order valence-corrected chi connectivity index (χ1v) is 12.1. The zero-order valence-electron chi connectivity index (χ0n) is 17.7. The fourth-order valence-corrected chi connectivity index (χ4v) is 6.09. The van der Waals surface area contributed by atoms with Gasteiger partial charge in [-0.05, 0) is 62.6 Å². The monoisotopic (exact) mass is 465 g/mol. The topological polar surface area (TPSA) is 70.6 Å². The van der Waals surface area contributed by atoms with E-state index < -0.39 is 27.5 Å². The minimum atomic E-state index is -3.66. The number of carbonyl (C=O) groups excluding carboxylic acids is 1. The van der Waals surface area contributed by atoms with Crippen LogP contribution in [0.2, 0.25) is 5.02 Å². The highest BCUT2D eigenvalue weighted by Crippen LogP contribution is 2.43. The second kappa shape index (κ2) is 7.83. The number of fused-ring (bicyclic) bond motifs is 1. The molecule has 0 bridgehead atoms. The van der Waals surface area contributed by atoms with Gasteiger partial charge in [0.25, 0.3) is 5.91 Å². The van der Waals surface area contributed by atoms with Gasteiger partial charge in [0.05, 0.1) is 17.4 Å². The van der Waals surface area contributed by atoms with Gasteiger partial charge < -0.3 is 0 Å². The molecule has 9 heteroatoms. The van der Waals surface area contributed by atoms with E-state index in [1.165, 1.54) is 11.2 Å². The number of hydrogen-bond acceptors (Lipinski definition) is 4. The second-order valence-corrected chi connectivity index (χ2v) is 11.5. The van der Waals surface area contributed by atoms with Crippen molar-refractivity contribution in [3.05, 3.63) is 58.4 Å². The molecule has 0 spiro atoms. The van der Waals surface area contributed by atoms with Crippen molar-refractivity contribution in [1.82, 2.24) is 9.29 Å². The first kappa shape index (κ1) is 22.2. The highest BCUT2D eigenvalue weighted by molar-refractivity contribution is 7.89. The van der Waals surface area contributed by atoms with Crippen molar-refractivity contribution in [2.45, 2.75) is 43.9 Å². The highest BCUT2D eigenvalue weighted by Gasteiger charge is 2.44. The Morgan fingerprint density at radius 2 is 2.03 bits per heavy atom. The molecule has 4 rings (SSSR count). The number of hydrogen-bond donors (Lipinski definition) is 0. The molecule has 166 valence electrons. The number of amides is 1. The van der Waals surface area contributed by atoms with E-state index in [4.69, 9.17) is 11.6 Å². The van der Waals surface area contributed by atoms with Gasteiger partial charge in [-0.2, -0.15) is 0 Å². The lowest BCUT2D eigenvalue weighted by molar-refractivity contribution is 0.0982. The van der Waals surface area contributed by atoms with E-state index >= 15 is 0 Å². The van der Waals surface area contributed by atoms with Crippen LogP contribution in [0, 0.1) is 0 Å². The predicted octanol–water partition coefficient (Wildman–Crippen LogP) is 4.11. The SMILES string of the molecule is CC(CF)S(=O)(=O)N1CCC(c2cncc(N3C(=O)c4ccc(Cl)cc4C3(C)C)c2)C1. The molecule has 2 atom stereocenters. The number of carbonyl (C=O) groups is 1. The zero-order chi connectivity index (χ0) is 22.6. The van der Waals surface area contributed by atoms with Crippen molar-refractivity contribution < 1.29 is 17.6 Å². The molecule has 2 unspecified atom stereocenters. The Labute approximate surface area is 187 Å². The molecule has 0 saturated carbocycles. The van der Waals surface area contributed by atoms with Crippen molar-refractivity contribution in [1.29, 1.82) is 0 Å². The van der Waals surface area contributed by atoms with Crippen molar-refractivity contribution in [3.8, 4) is 0 Å². The summed E-state index contributed by atoms with van der Waals surface area (Å²) in [6, 6.07) is 7.17. The lowest BCUT2D eigenvalue weighted by Gasteiger charge is -2.32. The second-order valence-electron chi connectivity index (χ2n) is 8.72. The third kappa shape index (κ3) is 3.64. The Balaban J connectivity index is 1.63. The lowest BCUT2D eigenvalue weighted by atomic mass is 9.93. The number of halogens is 2. The quantitative estimate of drug-likeness (QED) is 0.666. The molecule has 1 amide bonds. The molecule has 2 aliphatic heterocycles. The van der Waals surface area contributed by atoms with Gasteiger partial charge >= 0.3 is 0 Å². The maximum atomic E-state index is 13.2. The summed E-state index contributed by atoms with van der Waals surface area (Å²) in [7, 11) is -3.66. The van der Waals surface area contributed by atoms with Crippen molar-refractivity contribution in [2.24, 2.45) is 0 Å². The predicted molar refractivity (Wildman–Crippen MR) is 119 cm³/mol. The van der Waals surface area contributed by atoms with Crippen molar-refractivity contribution >= 4 is 33.2 Å². The first-order valence-electron chi connectivity index (χ1n) is 10.2. The third-order valence-corrected chi connectivity index (χ3v) is 8.77. The summed E-state index contributed by atoms with van der Waals surface area (Å²) in [4.78, 5) is 19.2. The van der Waals surface area contributed by atoms with Crippen LogP contribution in [0.3, 0.4) is 0 Å². The Morgan fingerprint density at radius 3 is 2.74 bits per heavy atom. The number of nitrogens with zero attached hydrogens (tertiary/aromatic N) is 3. The normalized spacial score (nSPS) is 22.0. The van der Waals surface area contributed by atoms with E-state index in [1.54, 1.807) is 29.4 Å². The molecular weight excluding hydrogens is 441 g/mol. The maximum absolute atomic E-state index is 13.2. The number of benzene rings is 1. The molecule has 31 heavy (non-hydrogen) atoms. The largest absolute Gasteiger partial charge is 0.297 e. The van der Waals surface area contributed by atoms with Gasteiger partial charge in [-0.15, -0.1) is 0 Å². The Morgan fingerprint density at radius 1 is 1.29 bits per heavy atom. The minimum absolute atomic E-state index is 0.0633. The van der Waals surface area contributed by atoms with Crippen LogP contribution in [0.15, 0.2) is 36.7 Å². The fraction of sp³-hybridized carbons (Fsp3) is 0.455. The number of rotatable bonds is 5. The van der Waals surface area contributed by atoms with E-state index in [0.29, 0.717) is 29.2 Å². The number of sulfonamides is 1. The van der Waals surface area contributed by atoms with E-state index in [0.717, 1.165) is 11.1 Å². The summed E-state index contributed by atoms with van der Waals surface area (Å²) >= 11 is 6.17. The molecule has 3 heterocycles. The summed E-state index contributed by atoms with van der Waals surface area (Å²) in [6.07, 6.45) is 3.97. The molecule has 1 fully saturated rings. The molecule has 0 radical (unpaired) electrons. The molecule has 2 aliphatic rings. The Hall–Kier alpha value is -2.03. The molecular formula is C22H25ClFN3O3S. The van der Waals surface area contributed by atoms with Gasteiger partial charge in [-0.25, -0.2) is 17.1 Å². The Bertz CT molecular complexity index is 1140. The van der Waals surface area contributed by atoms with Gasteiger partial charge in [0, 0.05) is 35.8 Å². The van der Waals surface area contributed by atoms with Crippen LogP contribution in [0.1, 0.15) is 54.6 Å². The lowest BCUT2D eigenvalue weighted by Crippen LogP contribution is -2.39. The fourth-order valence-electron chi connectivity index (χ4n) is 4.50. The van der Waals surface area contributed by atoms with Crippen LogP contribution in [-0.2, 0) is 15.6 Å². The summed E-state index contributed by atoms with van der Waals surface area (Å²) in [6.45, 7) is 5.03. The minimum Gasteiger partial charge on any atom is -0.297 e. The molecule has 6 nitrogen and oxygen atoms in total.